The van der Waals surface area contributed by atoms with Crippen molar-refractivity contribution in [3.8, 4) is 0 Å². The van der Waals surface area contributed by atoms with Crippen LogP contribution in [0.1, 0.15) is 13.3 Å². The standard InChI is InChI=1S/C12H15NO4S/c1-10(13)9-12(14)17-7-8-18(15,16)11-5-3-2-4-6-11/h2-6,13H,7-9H2,1H3. The Balaban J connectivity index is 2.49. The van der Waals surface area contributed by atoms with Crippen molar-refractivity contribution in [1.82, 2.24) is 0 Å². The third-order valence-electron chi connectivity index (χ3n) is 2.13. The first kappa shape index (κ1) is 14.4. The lowest BCUT2D eigenvalue weighted by molar-refractivity contribution is -0.141. The van der Waals surface area contributed by atoms with Gasteiger partial charge in [-0.25, -0.2) is 8.42 Å². The molecule has 0 fully saturated rings. The van der Waals surface area contributed by atoms with Gasteiger partial charge in [0.1, 0.15) is 6.61 Å². The molecule has 0 aliphatic rings. The molecule has 0 saturated carbocycles. The van der Waals surface area contributed by atoms with Gasteiger partial charge in [0, 0.05) is 5.71 Å². The molecule has 98 valence electrons. The van der Waals surface area contributed by atoms with Gasteiger partial charge < -0.3 is 10.1 Å². The maximum Gasteiger partial charge on any atom is 0.311 e. The summed E-state index contributed by atoms with van der Waals surface area (Å²) < 4.78 is 28.4. The van der Waals surface area contributed by atoms with E-state index in [4.69, 9.17) is 10.1 Å². The van der Waals surface area contributed by atoms with E-state index in [0.29, 0.717) is 0 Å². The third-order valence-corrected chi connectivity index (χ3v) is 3.82. The normalized spacial score (nSPS) is 10.9. The number of benzene rings is 1. The van der Waals surface area contributed by atoms with Gasteiger partial charge in [0.05, 0.1) is 17.1 Å². The first-order valence-corrected chi connectivity index (χ1v) is 7.04. The molecule has 0 radical (unpaired) electrons. The summed E-state index contributed by atoms with van der Waals surface area (Å²) in [6.45, 7) is 1.30. The highest BCUT2D eigenvalue weighted by atomic mass is 32.2. The van der Waals surface area contributed by atoms with Gasteiger partial charge in [0.25, 0.3) is 0 Å². The molecule has 1 N–H and O–H groups in total. The molecule has 18 heavy (non-hydrogen) atoms. The molecule has 0 aliphatic carbocycles. The minimum absolute atomic E-state index is 0.106. The highest BCUT2D eigenvalue weighted by molar-refractivity contribution is 7.91. The monoisotopic (exact) mass is 269 g/mol. The summed E-state index contributed by atoms with van der Waals surface area (Å²) in [4.78, 5) is 11.3. The lowest BCUT2D eigenvalue weighted by Crippen LogP contribution is -2.16. The van der Waals surface area contributed by atoms with E-state index < -0.39 is 15.8 Å². The topological polar surface area (TPSA) is 84.3 Å². The van der Waals surface area contributed by atoms with E-state index in [1.807, 2.05) is 0 Å². The van der Waals surface area contributed by atoms with E-state index in [-0.39, 0.29) is 29.4 Å². The maximum absolute atomic E-state index is 11.8. The second-order valence-corrected chi connectivity index (χ2v) is 5.92. The molecule has 5 nitrogen and oxygen atoms in total. The zero-order chi connectivity index (χ0) is 13.6. The third kappa shape index (κ3) is 4.67. The van der Waals surface area contributed by atoms with E-state index in [2.05, 4.69) is 0 Å². The first-order chi connectivity index (χ1) is 8.42. The summed E-state index contributed by atoms with van der Waals surface area (Å²) in [5.41, 5.74) is 0.186. The number of ether oxygens (including phenoxy) is 1. The molecular weight excluding hydrogens is 254 g/mol. The molecule has 0 amide bonds. The van der Waals surface area contributed by atoms with Gasteiger partial charge in [-0.1, -0.05) is 18.2 Å². The van der Waals surface area contributed by atoms with Gasteiger partial charge in [-0.15, -0.1) is 0 Å². The molecule has 0 aliphatic heterocycles. The minimum atomic E-state index is -3.42. The molecule has 0 atom stereocenters. The fourth-order valence-corrected chi connectivity index (χ4v) is 2.39. The summed E-state index contributed by atoms with van der Waals surface area (Å²) in [5, 5.41) is 7.10. The van der Waals surface area contributed by atoms with Crippen molar-refractivity contribution in [2.24, 2.45) is 0 Å². The molecule has 6 heteroatoms. The molecule has 0 aromatic heterocycles. The van der Waals surface area contributed by atoms with Crippen molar-refractivity contribution in [1.29, 1.82) is 5.41 Å². The Morgan fingerprint density at radius 1 is 1.28 bits per heavy atom. The number of carbonyl (C=O) groups is 1. The minimum Gasteiger partial charge on any atom is -0.464 e. The van der Waals surface area contributed by atoms with Crippen LogP contribution in [0.3, 0.4) is 0 Å². The molecule has 0 spiro atoms. The Labute approximate surface area is 106 Å². The van der Waals surface area contributed by atoms with E-state index in [0.717, 1.165) is 0 Å². The number of esters is 1. The largest absolute Gasteiger partial charge is 0.464 e. The zero-order valence-corrected chi connectivity index (χ0v) is 10.9. The Kier molecular flexibility index (Phi) is 5.03. The fraction of sp³-hybridized carbons (Fsp3) is 0.333. The number of sulfone groups is 1. The quantitative estimate of drug-likeness (QED) is 0.625. The van der Waals surface area contributed by atoms with Crippen molar-refractivity contribution >= 4 is 21.5 Å². The summed E-state index contributed by atoms with van der Waals surface area (Å²) >= 11 is 0. The van der Waals surface area contributed by atoms with Crippen LogP contribution in [-0.2, 0) is 19.4 Å². The highest BCUT2D eigenvalue weighted by Crippen LogP contribution is 2.09. The number of rotatable bonds is 6. The first-order valence-electron chi connectivity index (χ1n) is 5.39. The molecule has 1 aromatic rings. The average Bonchev–Trinajstić information content (AvgIpc) is 2.29. The predicted octanol–water partition coefficient (Wildman–Crippen LogP) is 1.43. The molecule has 0 unspecified atom stereocenters. The highest BCUT2D eigenvalue weighted by Gasteiger charge is 2.14. The van der Waals surface area contributed by atoms with E-state index >= 15 is 0 Å². The van der Waals surface area contributed by atoms with E-state index in [1.54, 1.807) is 18.2 Å². The van der Waals surface area contributed by atoms with E-state index in [1.165, 1.54) is 19.1 Å². The molecule has 1 aromatic carbocycles. The van der Waals surface area contributed by atoms with Crippen molar-refractivity contribution in [3.63, 3.8) is 0 Å². The Bertz CT molecular complexity index is 522. The van der Waals surface area contributed by atoms with Crippen LogP contribution < -0.4 is 0 Å². The van der Waals surface area contributed by atoms with Crippen molar-refractivity contribution in [3.05, 3.63) is 30.3 Å². The van der Waals surface area contributed by atoms with E-state index in [9.17, 15) is 13.2 Å². The van der Waals surface area contributed by atoms with Crippen molar-refractivity contribution in [2.45, 2.75) is 18.2 Å². The summed E-state index contributed by atoms with van der Waals surface area (Å²) in [7, 11) is -3.42. The molecule has 0 saturated heterocycles. The van der Waals surface area contributed by atoms with Gasteiger partial charge in [0.2, 0.25) is 0 Å². The average molecular weight is 269 g/mol. The summed E-state index contributed by atoms with van der Waals surface area (Å²) in [6, 6.07) is 8.00. The second-order valence-electron chi connectivity index (χ2n) is 3.81. The smallest absolute Gasteiger partial charge is 0.311 e. The van der Waals surface area contributed by atoms with Crippen molar-refractivity contribution < 1.29 is 17.9 Å². The van der Waals surface area contributed by atoms with Crippen LogP contribution in [0.25, 0.3) is 0 Å². The number of nitrogens with one attached hydrogen (secondary N) is 1. The molecule has 1 rings (SSSR count). The zero-order valence-electron chi connectivity index (χ0n) is 10.0. The maximum atomic E-state index is 11.8. The fourth-order valence-electron chi connectivity index (χ4n) is 1.28. The van der Waals surface area contributed by atoms with Crippen LogP contribution in [0.5, 0.6) is 0 Å². The van der Waals surface area contributed by atoms with Crippen molar-refractivity contribution in [2.75, 3.05) is 12.4 Å². The summed E-state index contributed by atoms with van der Waals surface area (Å²) in [6.07, 6.45) is -0.106. The van der Waals surface area contributed by atoms with Gasteiger partial charge >= 0.3 is 5.97 Å². The van der Waals surface area contributed by atoms with Crippen LogP contribution in [0.2, 0.25) is 0 Å². The van der Waals surface area contributed by atoms with Crippen LogP contribution in [0, 0.1) is 5.41 Å². The Hall–Kier alpha value is -1.69. The lowest BCUT2D eigenvalue weighted by atomic mass is 10.3. The number of hydrogen-bond donors (Lipinski definition) is 1. The van der Waals surface area contributed by atoms with Gasteiger partial charge in [-0.05, 0) is 19.1 Å². The summed E-state index contributed by atoms with van der Waals surface area (Å²) in [5.74, 6) is -0.828. The SMILES string of the molecule is CC(=N)CC(=O)OCCS(=O)(=O)c1ccccc1. The molecule has 0 bridgehead atoms. The Morgan fingerprint density at radius 3 is 2.44 bits per heavy atom. The second kappa shape index (κ2) is 6.30. The number of hydrogen-bond acceptors (Lipinski definition) is 5. The van der Waals surface area contributed by atoms with Crippen LogP contribution in [0.15, 0.2) is 35.2 Å². The van der Waals surface area contributed by atoms with Gasteiger partial charge in [0.15, 0.2) is 9.84 Å². The molecular formula is C12H15NO4S. The lowest BCUT2D eigenvalue weighted by Gasteiger charge is -2.05. The predicted molar refractivity (Wildman–Crippen MR) is 67.5 cm³/mol. The van der Waals surface area contributed by atoms with Gasteiger partial charge in [-0.2, -0.15) is 0 Å². The van der Waals surface area contributed by atoms with Crippen LogP contribution >= 0.6 is 0 Å². The Morgan fingerprint density at radius 2 is 1.89 bits per heavy atom. The van der Waals surface area contributed by atoms with Crippen LogP contribution in [0.4, 0.5) is 0 Å². The van der Waals surface area contributed by atoms with Gasteiger partial charge in [-0.3, -0.25) is 4.79 Å². The van der Waals surface area contributed by atoms with Crippen LogP contribution in [-0.4, -0.2) is 32.5 Å². The number of carbonyl (C=O) groups excluding carboxylic acids is 1. The molecule has 0 heterocycles.